The number of phenolic OH excluding ortho intramolecular Hbond substituents is 1. The molecule has 0 aromatic heterocycles. The van der Waals surface area contributed by atoms with E-state index >= 15 is 0 Å². The fraction of sp³-hybridized carbons (Fsp3) is 0.600. The van der Waals surface area contributed by atoms with E-state index in [4.69, 9.17) is 4.74 Å². The highest BCUT2D eigenvalue weighted by Crippen LogP contribution is 2.40. The first-order valence-corrected chi connectivity index (χ1v) is 7.97. The second kappa shape index (κ2) is 10.6. The van der Waals surface area contributed by atoms with Gasteiger partial charge in [0.2, 0.25) is 0 Å². The van der Waals surface area contributed by atoms with Gasteiger partial charge < -0.3 is 15.2 Å². The molecule has 1 aliphatic heterocycles. The van der Waals surface area contributed by atoms with Gasteiger partial charge >= 0.3 is 0 Å². The Hall–Kier alpha value is -0.200. The zero-order valence-corrected chi connectivity index (χ0v) is 16.2. The Morgan fingerprint density at radius 3 is 2.50 bits per heavy atom. The minimum Gasteiger partial charge on any atom is -0.504 e. The van der Waals surface area contributed by atoms with Gasteiger partial charge in [-0.05, 0) is 18.6 Å². The average molecular weight is 416 g/mol. The van der Waals surface area contributed by atoms with Crippen LogP contribution in [-0.4, -0.2) is 43.3 Å². The Bertz CT molecular complexity index is 457. The lowest BCUT2D eigenvalue weighted by atomic mass is 9.98. The summed E-state index contributed by atoms with van der Waals surface area (Å²) in [5, 5.41) is 13.8. The maximum Gasteiger partial charge on any atom is 0.162 e. The van der Waals surface area contributed by atoms with Crippen molar-refractivity contribution in [1.82, 2.24) is 10.2 Å². The molecule has 1 saturated heterocycles. The van der Waals surface area contributed by atoms with E-state index in [2.05, 4.69) is 33.1 Å². The average Bonchev–Trinajstić information content (AvgIpc) is 2.48. The number of piperazine rings is 1. The lowest BCUT2D eigenvalue weighted by Gasteiger charge is -2.35. The van der Waals surface area contributed by atoms with Crippen molar-refractivity contribution in [3.63, 3.8) is 0 Å². The van der Waals surface area contributed by atoms with Crippen LogP contribution in [0, 0.1) is 0 Å². The van der Waals surface area contributed by atoms with Crippen molar-refractivity contribution in [2.45, 2.75) is 25.8 Å². The van der Waals surface area contributed by atoms with E-state index in [0.29, 0.717) is 5.75 Å². The molecule has 22 heavy (non-hydrogen) atoms. The normalized spacial score (nSPS) is 16.3. The topological polar surface area (TPSA) is 44.7 Å². The van der Waals surface area contributed by atoms with Crippen LogP contribution in [0.2, 0.25) is 0 Å². The van der Waals surface area contributed by atoms with Gasteiger partial charge in [0.25, 0.3) is 0 Å². The second-order valence-electron chi connectivity index (χ2n) is 5.14. The summed E-state index contributed by atoms with van der Waals surface area (Å²) in [6, 6.07) is 4.06. The quantitative estimate of drug-likeness (QED) is 0.768. The Morgan fingerprint density at radius 2 is 1.95 bits per heavy atom. The number of hydrogen-bond donors (Lipinski definition) is 2. The zero-order chi connectivity index (χ0) is 14.5. The second-order valence-corrected chi connectivity index (χ2v) is 6.05. The standard InChI is InChI=1S/C15H23BrN2O2.2ClH/c1-3-4-13(18-7-5-17-6-8-18)12-9-11(16)10-14(20-2)15(12)19;;/h9-10,13,17,19H,3-8H2,1-2H3;2*1H/t13-;;/m1../s1. The van der Waals surface area contributed by atoms with E-state index < -0.39 is 0 Å². The van der Waals surface area contributed by atoms with E-state index in [0.717, 1.165) is 49.1 Å². The number of halogens is 3. The van der Waals surface area contributed by atoms with Gasteiger partial charge in [-0.1, -0.05) is 29.3 Å². The summed E-state index contributed by atoms with van der Waals surface area (Å²) >= 11 is 3.51. The highest BCUT2D eigenvalue weighted by Gasteiger charge is 2.25. The van der Waals surface area contributed by atoms with Crippen LogP contribution in [-0.2, 0) is 0 Å². The maximum absolute atomic E-state index is 10.5. The number of aromatic hydroxyl groups is 1. The van der Waals surface area contributed by atoms with E-state index in [-0.39, 0.29) is 36.6 Å². The first-order chi connectivity index (χ1) is 9.67. The van der Waals surface area contributed by atoms with Gasteiger partial charge in [-0.2, -0.15) is 0 Å². The van der Waals surface area contributed by atoms with Crippen LogP contribution in [0.4, 0.5) is 0 Å². The first-order valence-electron chi connectivity index (χ1n) is 7.18. The summed E-state index contributed by atoms with van der Waals surface area (Å²) in [5.41, 5.74) is 0.958. The minimum atomic E-state index is 0. The van der Waals surface area contributed by atoms with Gasteiger partial charge in [-0.25, -0.2) is 0 Å². The molecule has 7 heteroatoms. The molecule has 0 spiro atoms. The Balaban J connectivity index is 0.00000220. The summed E-state index contributed by atoms with van der Waals surface area (Å²) in [6.07, 6.45) is 2.12. The van der Waals surface area contributed by atoms with Crippen molar-refractivity contribution in [2.75, 3.05) is 33.3 Å². The summed E-state index contributed by atoms with van der Waals surface area (Å²) in [6.45, 7) is 6.22. The molecule has 0 radical (unpaired) electrons. The predicted octanol–water partition coefficient (Wildman–Crippen LogP) is 3.75. The maximum atomic E-state index is 10.5. The molecule has 1 fully saturated rings. The molecule has 0 bridgehead atoms. The zero-order valence-electron chi connectivity index (χ0n) is 13.0. The van der Waals surface area contributed by atoms with Gasteiger partial charge in [-0.3, -0.25) is 4.90 Å². The van der Waals surface area contributed by atoms with Crippen LogP contribution in [0.5, 0.6) is 11.5 Å². The monoisotopic (exact) mass is 414 g/mol. The number of nitrogens with zero attached hydrogens (tertiary/aromatic N) is 1. The van der Waals surface area contributed by atoms with Crippen molar-refractivity contribution in [3.05, 3.63) is 22.2 Å². The van der Waals surface area contributed by atoms with Crippen LogP contribution in [0.1, 0.15) is 31.4 Å². The van der Waals surface area contributed by atoms with Crippen molar-refractivity contribution < 1.29 is 9.84 Å². The minimum absolute atomic E-state index is 0. The molecule has 1 heterocycles. The number of benzene rings is 1. The highest BCUT2D eigenvalue weighted by atomic mass is 79.9. The van der Waals surface area contributed by atoms with Gasteiger partial charge in [0.1, 0.15) is 0 Å². The Kier molecular flexibility index (Phi) is 10.5. The molecular formula is C15H25BrCl2N2O2. The molecule has 1 atom stereocenters. The number of methoxy groups -OCH3 is 1. The van der Waals surface area contributed by atoms with E-state index in [1.807, 2.05) is 6.07 Å². The summed E-state index contributed by atoms with van der Waals surface area (Å²) in [7, 11) is 1.59. The summed E-state index contributed by atoms with van der Waals surface area (Å²) in [4.78, 5) is 2.45. The highest BCUT2D eigenvalue weighted by molar-refractivity contribution is 9.10. The van der Waals surface area contributed by atoms with Gasteiger partial charge in [-0.15, -0.1) is 24.8 Å². The SMILES string of the molecule is CCC[C@H](c1cc(Br)cc(OC)c1O)N1CCNCC1.Cl.Cl. The third-order valence-electron chi connectivity index (χ3n) is 3.80. The largest absolute Gasteiger partial charge is 0.504 e. The molecule has 0 saturated carbocycles. The Morgan fingerprint density at radius 1 is 1.32 bits per heavy atom. The lowest BCUT2D eigenvalue weighted by molar-refractivity contribution is 0.161. The molecular weight excluding hydrogens is 391 g/mol. The van der Waals surface area contributed by atoms with Crippen LogP contribution in [0.15, 0.2) is 16.6 Å². The van der Waals surface area contributed by atoms with Crippen molar-refractivity contribution in [1.29, 1.82) is 0 Å². The Labute approximate surface area is 153 Å². The van der Waals surface area contributed by atoms with Crippen LogP contribution < -0.4 is 10.1 Å². The fourth-order valence-electron chi connectivity index (χ4n) is 2.81. The van der Waals surface area contributed by atoms with Crippen molar-refractivity contribution >= 4 is 40.7 Å². The van der Waals surface area contributed by atoms with E-state index in [1.54, 1.807) is 13.2 Å². The number of hydrogen-bond acceptors (Lipinski definition) is 4. The third kappa shape index (κ3) is 5.17. The van der Waals surface area contributed by atoms with Crippen molar-refractivity contribution in [3.8, 4) is 11.5 Å². The first kappa shape index (κ1) is 21.8. The molecule has 128 valence electrons. The number of phenols is 1. The predicted molar refractivity (Wildman–Crippen MR) is 98.9 cm³/mol. The smallest absolute Gasteiger partial charge is 0.162 e. The van der Waals surface area contributed by atoms with Crippen LogP contribution >= 0.6 is 40.7 Å². The van der Waals surface area contributed by atoms with Crippen LogP contribution in [0.25, 0.3) is 0 Å². The summed E-state index contributed by atoms with van der Waals surface area (Å²) in [5.74, 6) is 0.804. The number of rotatable bonds is 5. The lowest BCUT2D eigenvalue weighted by Crippen LogP contribution is -2.45. The molecule has 2 N–H and O–H groups in total. The van der Waals surface area contributed by atoms with Gasteiger partial charge in [0.15, 0.2) is 11.5 Å². The molecule has 4 nitrogen and oxygen atoms in total. The van der Waals surface area contributed by atoms with Crippen LogP contribution in [0.3, 0.4) is 0 Å². The van der Waals surface area contributed by atoms with E-state index in [9.17, 15) is 5.11 Å². The number of nitrogens with one attached hydrogen (secondary N) is 1. The molecule has 1 aliphatic rings. The van der Waals surface area contributed by atoms with Gasteiger partial charge in [0.05, 0.1) is 7.11 Å². The van der Waals surface area contributed by atoms with Crippen molar-refractivity contribution in [2.24, 2.45) is 0 Å². The molecule has 1 aromatic carbocycles. The molecule has 0 aliphatic carbocycles. The summed E-state index contributed by atoms with van der Waals surface area (Å²) < 4.78 is 6.21. The molecule has 2 rings (SSSR count). The number of ether oxygens (including phenoxy) is 1. The molecule has 0 unspecified atom stereocenters. The molecule has 0 amide bonds. The van der Waals surface area contributed by atoms with E-state index in [1.165, 1.54) is 0 Å². The fourth-order valence-corrected chi connectivity index (χ4v) is 3.26. The third-order valence-corrected chi connectivity index (χ3v) is 4.26. The van der Waals surface area contributed by atoms with Gasteiger partial charge in [0, 0.05) is 42.3 Å². The molecule has 1 aromatic rings.